The van der Waals surface area contributed by atoms with Crippen LogP contribution in [0.2, 0.25) is 0 Å². The van der Waals surface area contributed by atoms with Gasteiger partial charge in [0.05, 0.1) is 5.92 Å². The van der Waals surface area contributed by atoms with E-state index in [9.17, 15) is 26.7 Å². The van der Waals surface area contributed by atoms with Gasteiger partial charge in [-0.1, -0.05) is 26.2 Å². The number of benzene rings is 1. The minimum absolute atomic E-state index is 0.0233. The number of hydrogen-bond acceptors (Lipinski definition) is 2. The first-order valence-corrected chi connectivity index (χ1v) is 8.92. The van der Waals surface area contributed by atoms with Crippen molar-refractivity contribution in [1.82, 2.24) is 0 Å². The van der Waals surface area contributed by atoms with Gasteiger partial charge in [-0.05, 0) is 55.9 Å². The summed E-state index contributed by atoms with van der Waals surface area (Å²) in [5.74, 6) is -5.03. The number of carbonyl (C=O) groups excluding carboxylic acids is 1. The zero-order valence-electron chi connectivity index (χ0n) is 14.6. The van der Waals surface area contributed by atoms with Crippen LogP contribution in [0.25, 0.3) is 0 Å². The van der Waals surface area contributed by atoms with Crippen molar-refractivity contribution in [2.75, 3.05) is 0 Å². The minimum Gasteiger partial charge on any atom is -0.426 e. The lowest BCUT2D eigenvalue weighted by Gasteiger charge is -2.27. The molecule has 0 heterocycles. The smallest absolute Gasteiger partial charge is 0.426 e. The fourth-order valence-corrected chi connectivity index (χ4v) is 3.28. The number of halogens is 5. The third-order valence-electron chi connectivity index (χ3n) is 4.94. The lowest BCUT2D eigenvalue weighted by atomic mass is 9.80. The molecule has 1 aromatic carbocycles. The molecule has 26 heavy (non-hydrogen) atoms. The molecule has 2 rings (SSSR count). The molecule has 0 saturated heterocycles. The van der Waals surface area contributed by atoms with Gasteiger partial charge in [0.1, 0.15) is 5.75 Å². The predicted octanol–water partition coefficient (Wildman–Crippen LogP) is 6.24. The number of esters is 1. The van der Waals surface area contributed by atoms with Crippen LogP contribution < -0.4 is 4.74 Å². The van der Waals surface area contributed by atoms with Crippen LogP contribution in [0.5, 0.6) is 5.75 Å². The van der Waals surface area contributed by atoms with E-state index in [1.165, 1.54) is 6.42 Å². The maximum Gasteiger partial charge on any atom is 0.458 e. The van der Waals surface area contributed by atoms with Crippen LogP contribution in [0, 0.1) is 11.8 Å². The predicted molar refractivity (Wildman–Crippen MR) is 87.0 cm³/mol. The molecular formula is C19H23F5O2. The molecule has 0 bridgehead atoms. The largest absolute Gasteiger partial charge is 0.458 e. The van der Waals surface area contributed by atoms with Crippen LogP contribution in [-0.4, -0.2) is 12.1 Å². The van der Waals surface area contributed by atoms with Gasteiger partial charge in [-0.25, -0.2) is 0 Å². The van der Waals surface area contributed by atoms with Gasteiger partial charge in [0.15, 0.2) is 0 Å². The van der Waals surface area contributed by atoms with E-state index < -0.39 is 23.6 Å². The number of hydrogen-bond donors (Lipinski definition) is 0. The van der Waals surface area contributed by atoms with Crippen LogP contribution >= 0.6 is 0 Å². The fraction of sp³-hybridized carbons (Fsp3) is 0.632. The molecule has 0 aromatic heterocycles. The number of unbranched alkanes of at least 4 members (excludes halogenated alkanes) is 1. The second-order valence-electron chi connectivity index (χ2n) is 6.88. The number of carbonyl (C=O) groups is 1. The molecule has 0 unspecified atom stereocenters. The first-order chi connectivity index (χ1) is 12.1. The Hall–Kier alpha value is -1.66. The molecular weight excluding hydrogens is 355 g/mol. The third-order valence-corrected chi connectivity index (χ3v) is 4.94. The van der Waals surface area contributed by atoms with Crippen LogP contribution in [-0.2, 0) is 10.7 Å². The topological polar surface area (TPSA) is 26.3 Å². The van der Waals surface area contributed by atoms with E-state index in [1.807, 2.05) is 0 Å². The third kappa shape index (κ3) is 4.95. The van der Waals surface area contributed by atoms with Gasteiger partial charge in [0.2, 0.25) is 0 Å². The van der Waals surface area contributed by atoms with E-state index in [0.717, 1.165) is 50.7 Å². The molecule has 0 amide bonds. The molecule has 1 saturated carbocycles. The molecule has 0 radical (unpaired) electrons. The van der Waals surface area contributed by atoms with Crippen molar-refractivity contribution in [1.29, 1.82) is 0 Å². The Morgan fingerprint density at radius 2 is 1.62 bits per heavy atom. The van der Waals surface area contributed by atoms with Gasteiger partial charge in [-0.2, -0.15) is 22.0 Å². The Kier molecular flexibility index (Phi) is 6.64. The molecule has 1 aliphatic carbocycles. The highest BCUT2D eigenvalue weighted by Crippen LogP contribution is 2.44. The molecule has 1 aliphatic rings. The standard InChI is InChI=1S/C19H23F5O2/c1-2-3-4-13-5-7-14(8-6-13)17(25)26-16-11-9-15(10-12-16)18(20,21)19(22,23)24/h9-14H,2-8H2,1H3. The summed E-state index contributed by atoms with van der Waals surface area (Å²) in [4.78, 5) is 12.2. The first-order valence-electron chi connectivity index (χ1n) is 8.92. The van der Waals surface area contributed by atoms with Gasteiger partial charge in [-0.15, -0.1) is 0 Å². The Morgan fingerprint density at radius 1 is 1.04 bits per heavy atom. The lowest BCUT2D eigenvalue weighted by Crippen LogP contribution is -2.33. The number of rotatable bonds is 6. The summed E-state index contributed by atoms with van der Waals surface area (Å²) in [6.45, 7) is 2.14. The summed E-state index contributed by atoms with van der Waals surface area (Å²) in [7, 11) is 0. The van der Waals surface area contributed by atoms with E-state index in [2.05, 4.69) is 6.92 Å². The SMILES string of the molecule is CCCCC1CCC(C(=O)Oc2ccc(C(F)(F)C(F)(F)F)cc2)CC1. The van der Waals surface area contributed by atoms with E-state index >= 15 is 0 Å². The Balaban J connectivity index is 1.90. The summed E-state index contributed by atoms with van der Waals surface area (Å²) >= 11 is 0. The van der Waals surface area contributed by atoms with Crippen LogP contribution in [0.4, 0.5) is 22.0 Å². The molecule has 7 heteroatoms. The lowest BCUT2D eigenvalue weighted by molar-refractivity contribution is -0.289. The van der Waals surface area contributed by atoms with Crippen molar-refractivity contribution in [2.45, 2.75) is 64.0 Å². The minimum atomic E-state index is -5.67. The molecule has 0 N–H and O–H groups in total. The molecule has 0 spiro atoms. The molecule has 1 aromatic rings. The van der Waals surface area contributed by atoms with Gasteiger partial charge < -0.3 is 4.74 Å². The zero-order valence-corrected chi connectivity index (χ0v) is 14.6. The average molecular weight is 378 g/mol. The molecule has 146 valence electrons. The normalized spacial score (nSPS) is 21.5. The van der Waals surface area contributed by atoms with Crippen LogP contribution in [0.3, 0.4) is 0 Å². The van der Waals surface area contributed by atoms with Crippen molar-refractivity contribution in [3.8, 4) is 5.75 Å². The Morgan fingerprint density at radius 3 is 2.12 bits per heavy atom. The maximum atomic E-state index is 13.2. The molecule has 2 nitrogen and oxygen atoms in total. The Bertz CT molecular complexity index is 587. The summed E-state index contributed by atoms with van der Waals surface area (Å²) < 4.78 is 68.7. The van der Waals surface area contributed by atoms with Gasteiger partial charge in [-0.3, -0.25) is 4.79 Å². The first kappa shape index (κ1) is 20.6. The summed E-state index contributed by atoms with van der Waals surface area (Å²) in [5, 5.41) is 0. The molecule has 0 atom stereocenters. The van der Waals surface area contributed by atoms with Gasteiger partial charge in [0.25, 0.3) is 0 Å². The van der Waals surface area contributed by atoms with Crippen molar-refractivity contribution in [3.63, 3.8) is 0 Å². The summed E-state index contributed by atoms with van der Waals surface area (Å²) in [6.07, 6.45) is 1.16. The van der Waals surface area contributed by atoms with Crippen LogP contribution in [0.15, 0.2) is 24.3 Å². The van der Waals surface area contributed by atoms with Crippen molar-refractivity contribution >= 4 is 5.97 Å². The fourth-order valence-electron chi connectivity index (χ4n) is 3.28. The van der Waals surface area contributed by atoms with Crippen molar-refractivity contribution in [3.05, 3.63) is 29.8 Å². The summed E-state index contributed by atoms with van der Waals surface area (Å²) in [5.41, 5.74) is -1.18. The number of alkyl halides is 5. The molecule has 1 fully saturated rings. The maximum absolute atomic E-state index is 13.2. The van der Waals surface area contributed by atoms with E-state index in [4.69, 9.17) is 4.74 Å². The van der Waals surface area contributed by atoms with Gasteiger partial charge >= 0.3 is 18.1 Å². The van der Waals surface area contributed by atoms with Crippen LogP contribution in [0.1, 0.15) is 57.4 Å². The van der Waals surface area contributed by atoms with Crippen molar-refractivity contribution < 1.29 is 31.5 Å². The second-order valence-corrected chi connectivity index (χ2v) is 6.88. The van der Waals surface area contributed by atoms with E-state index in [0.29, 0.717) is 18.1 Å². The average Bonchev–Trinajstić information content (AvgIpc) is 2.60. The highest BCUT2D eigenvalue weighted by atomic mass is 19.4. The highest BCUT2D eigenvalue weighted by molar-refractivity contribution is 5.75. The second kappa shape index (κ2) is 8.35. The Labute approximate surface area is 149 Å². The quantitative estimate of drug-likeness (QED) is 0.333. The van der Waals surface area contributed by atoms with Crippen molar-refractivity contribution in [2.24, 2.45) is 11.8 Å². The van der Waals surface area contributed by atoms with Gasteiger partial charge in [0, 0.05) is 5.56 Å². The monoisotopic (exact) mass is 378 g/mol. The molecule has 0 aliphatic heterocycles. The number of ether oxygens (including phenoxy) is 1. The van der Waals surface area contributed by atoms with E-state index in [1.54, 1.807) is 0 Å². The van der Waals surface area contributed by atoms with E-state index in [-0.39, 0.29) is 11.7 Å². The zero-order chi connectivity index (χ0) is 19.4. The highest BCUT2D eigenvalue weighted by Gasteiger charge is 2.58. The summed E-state index contributed by atoms with van der Waals surface area (Å²) in [6, 6.07) is 3.22.